The summed E-state index contributed by atoms with van der Waals surface area (Å²) in [7, 11) is 0. The maximum absolute atomic E-state index is 12.1. The summed E-state index contributed by atoms with van der Waals surface area (Å²) in [6.07, 6.45) is 4.84. The summed E-state index contributed by atoms with van der Waals surface area (Å²) >= 11 is 0. The van der Waals surface area contributed by atoms with Gasteiger partial charge in [0.15, 0.2) is 0 Å². The molecule has 2 N–H and O–H groups in total. The van der Waals surface area contributed by atoms with Crippen LogP contribution in [0.2, 0.25) is 0 Å². The van der Waals surface area contributed by atoms with Gasteiger partial charge >= 0.3 is 6.03 Å². The Kier molecular flexibility index (Phi) is 4.62. The van der Waals surface area contributed by atoms with E-state index >= 15 is 0 Å². The lowest BCUT2D eigenvalue weighted by Gasteiger charge is -2.16. The second-order valence-corrected chi connectivity index (χ2v) is 6.10. The van der Waals surface area contributed by atoms with Gasteiger partial charge in [-0.05, 0) is 25.2 Å². The molecule has 4 amide bonds. The molecule has 6 heteroatoms. The van der Waals surface area contributed by atoms with Crippen LogP contribution < -0.4 is 10.6 Å². The summed E-state index contributed by atoms with van der Waals surface area (Å²) in [4.78, 5) is 36.8. The average Bonchev–Trinajstić information content (AvgIpc) is 2.93. The maximum Gasteiger partial charge on any atom is 0.325 e. The summed E-state index contributed by atoms with van der Waals surface area (Å²) in [5, 5.41) is 5.53. The first-order valence-corrected chi connectivity index (χ1v) is 7.38. The van der Waals surface area contributed by atoms with E-state index in [1.54, 1.807) is 0 Å². The van der Waals surface area contributed by atoms with Gasteiger partial charge in [-0.2, -0.15) is 0 Å². The van der Waals surface area contributed by atoms with E-state index in [-0.39, 0.29) is 24.4 Å². The Bertz CT molecular complexity index is 402. The molecule has 1 heterocycles. The Morgan fingerprint density at radius 3 is 2.60 bits per heavy atom. The lowest BCUT2D eigenvalue weighted by atomic mass is 10.0. The molecular formula is C14H23N3O3. The second-order valence-electron chi connectivity index (χ2n) is 6.10. The van der Waals surface area contributed by atoms with Crippen molar-refractivity contribution in [1.82, 2.24) is 15.5 Å². The van der Waals surface area contributed by atoms with E-state index in [4.69, 9.17) is 0 Å². The lowest BCUT2D eigenvalue weighted by Crippen LogP contribution is -2.43. The third kappa shape index (κ3) is 3.49. The third-order valence-electron chi connectivity index (χ3n) is 3.84. The van der Waals surface area contributed by atoms with Crippen LogP contribution in [0.15, 0.2) is 0 Å². The number of amides is 4. The van der Waals surface area contributed by atoms with Crippen molar-refractivity contribution in [2.75, 3.05) is 6.54 Å². The summed E-state index contributed by atoms with van der Waals surface area (Å²) in [6.45, 7) is 3.82. The van der Waals surface area contributed by atoms with E-state index < -0.39 is 12.1 Å². The summed E-state index contributed by atoms with van der Waals surface area (Å²) < 4.78 is 0. The maximum atomic E-state index is 12.1. The minimum Gasteiger partial charge on any atom is -0.352 e. The fourth-order valence-corrected chi connectivity index (χ4v) is 2.84. The van der Waals surface area contributed by atoms with Crippen LogP contribution in [0.3, 0.4) is 0 Å². The molecule has 2 fully saturated rings. The summed E-state index contributed by atoms with van der Waals surface area (Å²) in [5.41, 5.74) is 0. The van der Waals surface area contributed by atoms with Gasteiger partial charge in [0.1, 0.15) is 12.6 Å². The number of rotatable bonds is 5. The molecule has 0 radical (unpaired) electrons. The van der Waals surface area contributed by atoms with Gasteiger partial charge in [0, 0.05) is 6.04 Å². The zero-order valence-electron chi connectivity index (χ0n) is 12.1. The molecule has 2 rings (SSSR count). The molecule has 0 aromatic rings. The molecular weight excluding hydrogens is 258 g/mol. The first-order chi connectivity index (χ1) is 9.47. The smallest absolute Gasteiger partial charge is 0.325 e. The van der Waals surface area contributed by atoms with Gasteiger partial charge in [-0.25, -0.2) is 4.79 Å². The minimum absolute atomic E-state index is 0.171. The number of carbonyl (C=O) groups is 3. The van der Waals surface area contributed by atoms with Crippen molar-refractivity contribution in [2.24, 2.45) is 5.92 Å². The van der Waals surface area contributed by atoms with Crippen LogP contribution in [0.5, 0.6) is 0 Å². The Balaban J connectivity index is 1.86. The fraction of sp³-hybridized carbons (Fsp3) is 0.786. The number of nitrogens with one attached hydrogen (secondary N) is 2. The largest absolute Gasteiger partial charge is 0.352 e. The SMILES string of the molecule is CC(C)C[C@@H]1NC(=O)N(CC(=O)NC2CCCC2)C1=O. The molecule has 0 aromatic carbocycles. The van der Waals surface area contributed by atoms with E-state index in [1.165, 1.54) is 0 Å². The third-order valence-corrected chi connectivity index (χ3v) is 3.84. The van der Waals surface area contributed by atoms with E-state index in [2.05, 4.69) is 10.6 Å². The number of urea groups is 1. The highest BCUT2D eigenvalue weighted by Crippen LogP contribution is 2.18. The molecule has 20 heavy (non-hydrogen) atoms. The Hall–Kier alpha value is -1.59. The Morgan fingerprint density at radius 2 is 2.00 bits per heavy atom. The number of nitrogens with zero attached hydrogens (tertiary/aromatic N) is 1. The summed E-state index contributed by atoms with van der Waals surface area (Å²) in [5.74, 6) is -0.215. The second kappa shape index (κ2) is 6.24. The van der Waals surface area contributed by atoms with Crippen molar-refractivity contribution in [3.63, 3.8) is 0 Å². The molecule has 6 nitrogen and oxygen atoms in total. The molecule has 1 saturated heterocycles. The van der Waals surface area contributed by atoms with Crippen LogP contribution in [0.25, 0.3) is 0 Å². The summed E-state index contributed by atoms with van der Waals surface area (Å²) in [6, 6.07) is -0.737. The predicted octanol–water partition coefficient (Wildman–Crippen LogP) is 1.01. The molecule has 1 saturated carbocycles. The van der Waals surface area contributed by atoms with Gasteiger partial charge < -0.3 is 10.6 Å². The topological polar surface area (TPSA) is 78.5 Å². The molecule has 1 aliphatic carbocycles. The van der Waals surface area contributed by atoms with E-state index in [9.17, 15) is 14.4 Å². The molecule has 0 bridgehead atoms. The normalized spacial score (nSPS) is 23.6. The van der Waals surface area contributed by atoms with Crippen LogP contribution in [0, 0.1) is 5.92 Å². The molecule has 1 aliphatic heterocycles. The first kappa shape index (κ1) is 14.8. The number of hydrogen-bond acceptors (Lipinski definition) is 3. The van der Waals surface area contributed by atoms with E-state index in [0.717, 1.165) is 30.6 Å². The van der Waals surface area contributed by atoms with Crippen molar-refractivity contribution < 1.29 is 14.4 Å². The van der Waals surface area contributed by atoms with Gasteiger partial charge in [-0.1, -0.05) is 26.7 Å². The standard InChI is InChI=1S/C14H23N3O3/c1-9(2)7-11-13(19)17(14(20)16-11)8-12(18)15-10-5-3-4-6-10/h9-11H,3-8H2,1-2H3,(H,15,18)(H,16,20)/t11-/m0/s1. The highest BCUT2D eigenvalue weighted by atomic mass is 16.2. The zero-order chi connectivity index (χ0) is 14.7. The predicted molar refractivity (Wildman–Crippen MR) is 73.9 cm³/mol. The molecule has 0 spiro atoms. The molecule has 0 aromatic heterocycles. The first-order valence-electron chi connectivity index (χ1n) is 7.38. The number of carbonyl (C=O) groups excluding carboxylic acids is 3. The van der Waals surface area contributed by atoms with E-state index in [0.29, 0.717) is 12.3 Å². The van der Waals surface area contributed by atoms with Crippen molar-refractivity contribution in [2.45, 2.75) is 58.0 Å². The fourth-order valence-electron chi connectivity index (χ4n) is 2.84. The number of hydrogen-bond donors (Lipinski definition) is 2. The van der Waals surface area contributed by atoms with Crippen LogP contribution in [-0.2, 0) is 9.59 Å². The van der Waals surface area contributed by atoms with Crippen LogP contribution in [0.4, 0.5) is 4.79 Å². The van der Waals surface area contributed by atoms with Crippen LogP contribution >= 0.6 is 0 Å². The minimum atomic E-state index is -0.484. The molecule has 0 unspecified atom stereocenters. The average molecular weight is 281 g/mol. The Morgan fingerprint density at radius 1 is 1.35 bits per heavy atom. The van der Waals surface area contributed by atoms with Gasteiger partial charge in [0.25, 0.3) is 5.91 Å². The molecule has 112 valence electrons. The van der Waals surface area contributed by atoms with Gasteiger partial charge in [0.2, 0.25) is 5.91 Å². The Labute approximate surface area is 119 Å². The highest BCUT2D eigenvalue weighted by molar-refractivity contribution is 6.06. The monoisotopic (exact) mass is 281 g/mol. The van der Waals surface area contributed by atoms with Crippen molar-refractivity contribution in [3.8, 4) is 0 Å². The van der Waals surface area contributed by atoms with Crippen molar-refractivity contribution in [1.29, 1.82) is 0 Å². The van der Waals surface area contributed by atoms with Gasteiger partial charge in [-0.3, -0.25) is 14.5 Å². The van der Waals surface area contributed by atoms with E-state index in [1.807, 2.05) is 13.8 Å². The van der Waals surface area contributed by atoms with Gasteiger partial charge in [0.05, 0.1) is 0 Å². The lowest BCUT2D eigenvalue weighted by molar-refractivity contribution is -0.132. The van der Waals surface area contributed by atoms with Crippen molar-refractivity contribution in [3.05, 3.63) is 0 Å². The molecule has 2 aliphatic rings. The zero-order valence-corrected chi connectivity index (χ0v) is 12.1. The van der Waals surface area contributed by atoms with Gasteiger partial charge in [-0.15, -0.1) is 0 Å². The van der Waals surface area contributed by atoms with Crippen molar-refractivity contribution >= 4 is 17.8 Å². The van der Waals surface area contributed by atoms with Crippen LogP contribution in [-0.4, -0.2) is 41.4 Å². The highest BCUT2D eigenvalue weighted by Gasteiger charge is 2.39. The van der Waals surface area contributed by atoms with Crippen LogP contribution in [0.1, 0.15) is 46.0 Å². The molecule has 1 atom stereocenters. The number of imide groups is 1. The quantitative estimate of drug-likeness (QED) is 0.738.